The van der Waals surface area contributed by atoms with Crippen LogP contribution < -0.4 is 11.1 Å². The Morgan fingerprint density at radius 1 is 1.37 bits per heavy atom. The second kappa shape index (κ2) is 7.50. The molecule has 4 N–H and O–H groups in total. The van der Waals surface area contributed by atoms with E-state index in [9.17, 15) is 14.7 Å². The summed E-state index contributed by atoms with van der Waals surface area (Å²) in [6.45, 7) is -0.209. The van der Waals surface area contributed by atoms with Gasteiger partial charge in [-0.25, -0.2) is 4.79 Å². The molecule has 6 nitrogen and oxygen atoms in total. The predicted molar refractivity (Wildman–Crippen MR) is 69.2 cm³/mol. The third-order valence-corrected chi connectivity index (χ3v) is 2.65. The Morgan fingerprint density at radius 3 is 2.53 bits per heavy atom. The molecule has 0 aliphatic rings. The van der Waals surface area contributed by atoms with Crippen molar-refractivity contribution >= 4 is 11.9 Å². The quantitative estimate of drug-likeness (QED) is 0.585. The lowest BCUT2D eigenvalue weighted by molar-refractivity contribution is -0.152. The molecule has 0 aromatic heterocycles. The van der Waals surface area contributed by atoms with Gasteiger partial charge in [0.2, 0.25) is 5.91 Å². The monoisotopic (exact) mass is 266 g/mol. The van der Waals surface area contributed by atoms with Crippen molar-refractivity contribution in [2.45, 2.75) is 18.6 Å². The van der Waals surface area contributed by atoms with Gasteiger partial charge in [0.15, 0.2) is 6.10 Å². The smallest absolute Gasteiger partial charge is 0.336 e. The van der Waals surface area contributed by atoms with Crippen LogP contribution in [0.1, 0.15) is 5.56 Å². The molecule has 0 fully saturated rings. The third-order valence-electron chi connectivity index (χ3n) is 2.65. The Bertz CT molecular complexity index is 422. The standard InChI is InChI=1S/C13H18N2O4/c1-19-13(18)12(17)10(15-11(16)8-14)7-9-5-3-2-4-6-9/h2-6,10,12,17H,7-8,14H2,1H3,(H,15,16)/t10-,12+/m1/s1. The van der Waals surface area contributed by atoms with Crippen molar-refractivity contribution in [1.29, 1.82) is 0 Å². The number of rotatable bonds is 6. The van der Waals surface area contributed by atoms with Gasteiger partial charge in [0.05, 0.1) is 19.7 Å². The van der Waals surface area contributed by atoms with E-state index < -0.39 is 24.0 Å². The van der Waals surface area contributed by atoms with Crippen LogP contribution in [0.25, 0.3) is 0 Å². The molecule has 0 saturated heterocycles. The molecular weight excluding hydrogens is 248 g/mol. The van der Waals surface area contributed by atoms with Crippen molar-refractivity contribution in [3.05, 3.63) is 35.9 Å². The van der Waals surface area contributed by atoms with Crippen molar-refractivity contribution < 1.29 is 19.4 Å². The first kappa shape index (κ1) is 15.1. The number of nitrogens with one attached hydrogen (secondary N) is 1. The van der Waals surface area contributed by atoms with Gasteiger partial charge in [-0.2, -0.15) is 0 Å². The zero-order chi connectivity index (χ0) is 14.3. The Labute approximate surface area is 111 Å². The van der Waals surface area contributed by atoms with E-state index in [1.54, 1.807) is 0 Å². The fourth-order valence-electron chi connectivity index (χ4n) is 1.66. The molecule has 1 aromatic carbocycles. The minimum absolute atomic E-state index is 0.209. The molecule has 19 heavy (non-hydrogen) atoms. The lowest BCUT2D eigenvalue weighted by Crippen LogP contribution is -2.50. The van der Waals surface area contributed by atoms with E-state index in [0.717, 1.165) is 5.56 Å². The average molecular weight is 266 g/mol. The van der Waals surface area contributed by atoms with Crippen molar-refractivity contribution in [3.63, 3.8) is 0 Å². The summed E-state index contributed by atoms with van der Waals surface area (Å²) in [5, 5.41) is 12.4. The highest BCUT2D eigenvalue weighted by atomic mass is 16.5. The highest BCUT2D eigenvalue weighted by Gasteiger charge is 2.28. The Kier molecular flexibility index (Phi) is 5.98. The summed E-state index contributed by atoms with van der Waals surface area (Å²) < 4.78 is 4.47. The van der Waals surface area contributed by atoms with E-state index in [4.69, 9.17) is 5.73 Å². The number of hydrogen-bond acceptors (Lipinski definition) is 5. The van der Waals surface area contributed by atoms with Gasteiger partial charge in [0, 0.05) is 0 Å². The highest BCUT2D eigenvalue weighted by Crippen LogP contribution is 2.07. The van der Waals surface area contributed by atoms with Crippen LogP contribution >= 0.6 is 0 Å². The molecule has 0 spiro atoms. The van der Waals surface area contributed by atoms with Gasteiger partial charge < -0.3 is 20.9 Å². The minimum atomic E-state index is -1.43. The largest absolute Gasteiger partial charge is 0.467 e. The van der Waals surface area contributed by atoms with E-state index in [1.165, 1.54) is 7.11 Å². The minimum Gasteiger partial charge on any atom is -0.467 e. The summed E-state index contributed by atoms with van der Waals surface area (Å²) >= 11 is 0. The summed E-state index contributed by atoms with van der Waals surface area (Å²) in [7, 11) is 1.18. The van der Waals surface area contributed by atoms with Crippen LogP contribution in [0.3, 0.4) is 0 Å². The number of ether oxygens (including phenoxy) is 1. The highest BCUT2D eigenvalue weighted by molar-refractivity contribution is 5.80. The van der Waals surface area contributed by atoms with Crippen LogP contribution in [0, 0.1) is 0 Å². The molecule has 0 bridgehead atoms. The lowest BCUT2D eigenvalue weighted by Gasteiger charge is -2.22. The number of carbonyl (C=O) groups is 2. The molecule has 0 unspecified atom stereocenters. The predicted octanol–water partition coefficient (Wildman–Crippen LogP) is -0.793. The maximum Gasteiger partial charge on any atom is 0.336 e. The molecular formula is C13H18N2O4. The number of amides is 1. The van der Waals surface area contributed by atoms with Crippen molar-refractivity contribution in [2.24, 2.45) is 5.73 Å². The van der Waals surface area contributed by atoms with E-state index in [-0.39, 0.29) is 6.54 Å². The molecule has 1 amide bonds. The van der Waals surface area contributed by atoms with Gasteiger partial charge in [-0.15, -0.1) is 0 Å². The lowest BCUT2D eigenvalue weighted by atomic mass is 10.0. The fourth-order valence-corrected chi connectivity index (χ4v) is 1.66. The van der Waals surface area contributed by atoms with Crippen LogP contribution in [0.4, 0.5) is 0 Å². The van der Waals surface area contributed by atoms with Crippen molar-refractivity contribution in [2.75, 3.05) is 13.7 Å². The van der Waals surface area contributed by atoms with Crippen molar-refractivity contribution in [1.82, 2.24) is 5.32 Å². The number of methoxy groups -OCH3 is 1. The average Bonchev–Trinajstić information content (AvgIpc) is 2.45. The molecule has 0 aliphatic heterocycles. The second-order valence-corrected chi connectivity index (χ2v) is 4.04. The molecule has 0 saturated carbocycles. The summed E-state index contributed by atoms with van der Waals surface area (Å²) in [5.74, 6) is -1.23. The first-order valence-corrected chi connectivity index (χ1v) is 5.87. The molecule has 2 atom stereocenters. The third kappa shape index (κ3) is 4.69. The van der Waals surface area contributed by atoms with E-state index in [2.05, 4.69) is 10.1 Å². The molecule has 1 aromatic rings. The van der Waals surface area contributed by atoms with Gasteiger partial charge >= 0.3 is 5.97 Å². The Hall–Kier alpha value is -1.92. The summed E-state index contributed by atoms with van der Waals surface area (Å²) in [6, 6.07) is 8.43. The summed E-state index contributed by atoms with van der Waals surface area (Å²) in [6.07, 6.45) is -1.12. The van der Waals surface area contributed by atoms with Crippen LogP contribution in [-0.2, 0) is 20.7 Å². The number of esters is 1. The SMILES string of the molecule is COC(=O)[C@@H](O)[C@@H](Cc1ccccc1)NC(=O)CN. The zero-order valence-electron chi connectivity index (χ0n) is 10.7. The molecule has 104 valence electrons. The summed E-state index contributed by atoms with van der Waals surface area (Å²) in [4.78, 5) is 22.7. The number of aliphatic hydroxyl groups excluding tert-OH is 1. The van der Waals surface area contributed by atoms with Gasteiger partial charge in [-0.05, 0) is 12.0 Å². The Morgan fingerprint density at radius 2 is 2.00 bits per heavy atom. The van der Waals surface area contributed by atoms with Crippen LogP contribution in [0.5, 0.6) is 0 Å². The van der Waals surface area contributed by atoms with E-state index in [1.807, 2.05) is 30.3 Å². The van der Waals surface area contributed by atoms with Crippen LogP contribution in [0.15, 0.2) is 30.3 Å². The molecule has 0 heterocycles. The molecule has 6 heteroatoms. The maximum absolute atomic E-state index is 11.4. The Balaban J connectivity index is 2.80. The number of nitrogens with two attached hydrogens (primary N) is 1. The fraction of sp³-hybridized carbons (Fsp3) is 0.385. The van der Waals surface area contributed by atoms with E-state index in [0.29, 0.717) is 6.42 Å². The first-order chi connectivity index (χ1) is 9.08. The number of hydrogen-bond donors (Lipinski definition) is 3. The normalized spacial score (nSPS) is 13.4. The maximum atomic E-state index is 11.4. The summed E-state index contributed by atoms with van der Waals surface area (Å²) in [5.41, 5.74) is 6.09. The van der Waals surface area contributed by atoms with Gasteiger partial charge in [-0.1, -0.05) is 30.3 Å². The number of benzene rings is 1. The number of carbonyl (C=O) groups excluding carboxylic acids is 2. The number of aliphatic hydroxyl groups is 1. The van der Waals surface area contributed by atoms with Crippen LogP contribution in [-0.4, -0.2) is 42.8 Å². The van der Waals surface area contributed by atoms with Gasteiger partial charge in [0.1, 0.15) is 0 Å². The van der Waals surface area contributed by atoms with Gasteiger partial charge in [0.25, 0.3) is 0 Å². The van der Waals surface area contributed by atoms with Gasteiger partial charge in [-0.3, -0.25) is 4.79 Å². The van der Waals surface area contributed by atoms with Crippen molar-refractivity contribution in [3.8, 4) is 0 Å². The molecule has 0 aliphatic carbocycles. The van der Waals surface area contributed by atoms with Crippen LogP contribution in [0.2, 0.25) is 0 Å². The molecule has 1 rings (SSSR count). The topological polar surface area (TPSA) is 102 Å². The second-order valence-electron chi connectivity index (χ2n) is 4.04. The first-order valence-electron chi connectivity index (χ1n) is 5.87. The van der Waals surface area contributed by atoms with E-state index >= 15 is 0 Å². The zero-order valence-corrected chi connectivity index (χ0v) is 10.7. The molecule has 0 radical (unpaired) electrons.